The predicted molar refractivity (Wildman–Crippen MR) is 154 cm³/mol. The summed E-state index contributed by atoms with van der Waals surface area (Å²) in [4.78, 5) is 30.0. The molecule has 0 aliphatic carbocycles. The number of carbonyl (C=O) groups excluding carboxylic acids is 1. The number of rotatable bonds is 10. The smallest absolute Gasteiger partial charge is 0.337 e. The molecule has 0 atom stereocenters. The average Bonchev–Trinajstić information content (AvgIpc) is 2.92. The van der Waals surface area contributed by atoms with Crippen LogP contribution in [0.25, 0.3) is 10.8 Å². The summed E-state index contributed by atoms with van der Waals surface area (Å²) in [7, 11) is 0. The third kappa shape index (κ3) is 7.45. The van der Waals surface area contributed by atoms with Crippen LogP contribution in [0.2, 0.25) is 0 Å². The number of anilines is 1. The average molecular weight is 525 g/mol. The first-order valence-corrected chi connectivity index (χ1v) is 12.8. The van der Waals surface area contributed by atoms with Crippen molar-refractivity contribution in [1.82, 2.24) is 0 Å². The number of aromatic carboxylic acids is 1. The van der Waals surface area contributed by atoms with Gasteiger partial charge in [-0.15, -0.1) is 0 Å². The van der Waals surface area contributed by atoms with Crippen LogP contribution in [0.4, 0.5) is 5.69 Å². The highest BCUT2D eigenvalue weighted by Gasteiger charge is 2.16. The van der Waals surface area contributed by atoms with E-state index in [0.717, 1.165) is 16.3 Å². The fourth-order valence-electron chi connectivity index (χ4n) is 3.96. The highest BCUT2D eigenvalue weighted by atomic mass is 16.6. The van der Waals surface area contributed by atoms with Gasteiger partial charge in [0, 0.05) is 18.1 Å². The van der Waals surface area contributed by atoms with Gasteiger partial charge in [0.15, 0.2) is 0 Å². The van der Waals surface area contributed by atoms with Crippen molar-refractivity contribution >= 4 is 34.6 Å². The summed E-state index contributed by atoms with van der Waals surface area (Å²) in [5, 5.41) is 18.2. The quantitative estimate of drug-likeness (QED) is 0.133. The van der Waals surface area contributed by atoms with Gasteiger partial charge < -0.3 is 20.0 Å². The van der Waals surface area contributed by atoms with E-state index in [-0.39, 0.29) is 16.7 Å². The van der Waals surface area contributed by atoms with E-state index in [9.17, 15) is 14.7 Å². The van der Waals surface area contributed by atoms with Gasteiger partial charge in [-0.05, 0) is 51.6 Å². The van der Waals surface area contributed by atoms with Gasteiger partial charge in [0.2, 0.25) is 0 Å². The Labute approximate surface area is 228 Å². The van der Waals surface area contributed by atoms with Crippen LogP contribution >= 0.6 is 0 Å². The lowest BCUT2D eigenvalue weighted by Crippen LogP contribution is -2.15. The maximum absolute atomic E-state index is 12.9. The zero-order valence-corrected chi connectivity index (χ0v) is 22.3. The molecule has 0 unspecified atom stereocenters. The van der Waals surface area contributed by atoms with E-state index in [2.05, 4.69) is 43.4 Å². The van der Waals surface area contributed by atoms with E-state index in [1.54, 1.807) is 24.4 Å². The highest BCUT2D eigenvalue weighted by molar-refractivity contribution is 6.09. The van der Waals surface area contributed by atoms with Crippen molar-refractivity contribution in [3.05, 3.63) is 107 Å². The molecule has 0 saturated carbocycles. The summed E-state index contributed by atoms with van der Waals surface area (Å²) in [5.74, 6) is -1.11. The Morgan fingerprint density at radius 3 is 2.36 bits per heavy atom. The molecule has 0 radical (unpaired) electrons. The molecule has 0 bridgehead atoms. The summed E-state index contributed by atoms with van der Waals surface area (Å²) >= 11 is 0. The number of hydrogen-bond donors (Lipinski definition) is 2. The number of amides is 1. The van der Waals surface area contributed by atoms with Crippen molar-refractivity contribution in [2.45, 2.75) is 32.6 Å². The Kier molecular flexibility index (Phi) is 8.61. The fourth-order valence-corrected chi connectivity index (χ4v) is 3.96. The lowest BCUT2D eigenvalue weighted by molar-refractivity contribution is 0.0698. The Morgan fingerprint density at radius 1 is 0.897 bits per heavy atom. The maximum atomic E-state index is 12.9. The van der Waals surface area contributed by atoms with Crippen LogP contribution in [-0.4, -0.2) is 36.4 Å². The van der Waals surface area contributed by atoms with Crippen LogP contribution in [0.1, 0.15) is 59.0 Å². The number of carbonyl (C=O) groups is 2. The summed E-state index contributed by atoms with van der Waals surface area (Å²) in [6, 6.07) is 25.7. The van der Waals surface area contributed by atoms with Crippen LogP contribution in [0, 0.1) is 0 Å². The number of oxime groups is 1. The molecule has 200 valence electrons. The molecule has 4 rings (SSSR count). The van der Waals surface area contributed by atoms with Crippen molar-refractivity contribution in [1.29, 1.82) is 0 Å². The van der Waals surface area contributed by atoms with Crippen LogP contribution in [0.3, 0.4) is 0 Å². The summed E-state index contributed by atoms with van der Waals surface area (Å²) in [6.07, 6.45) is 2.24. The Bertz CT molecular complexity index is 1490. The minimum absolute atomic E-state index is 0.0234. The molecule has 7 heteroatoms. The number of ether oxygens (including phenoxy) is 1. The molecule has 0 fully saturated rings. The van der Waals surface area contributed by atoms with Crippen molar-refractivity contribution in [2.75, 3.05) is 18.5 Å². The second kappa shape index (κ2) is 12.3. The monoisotopic (exact) mass is 524 g/mol. The molecule has 2 N–H and O–H groups in total. The molecular formula is C32H32N2O5. The molecule has 4 aromatic rings. The largest absolute Gasteiger partial charge is 0.493 e. The Balaban J connectivity index is 1.30. The SMILES string of the molecule is CC(C)(C)c1ccc(C=NOCCCOc2ccc(C(=O)O)c(NC(=O)c3ccc4ccccc4c3)c2)cc1. The van der Waals surface area contributed by atoms with E-state index in [1.165, 1.54) is 17.7 Å². The number of carboxylic acids is 1. The lowest BCUT2D eigenvalue weighted by atomic mass is 9.87. The van der Waals surface area contributed by atoms with E-state index >= 15 is 0 Å². The topological polar surface area (TPSA) is 97.2 Å². The zero-order chi connectivity index (χ0) is 27.8. The molecule has 0 heterocycles. The van der Waals surface area contributed by atoms with Crippen molar-refractivity contribution in [3.8, 4) is 5.75 Å². The predicted octanol–water partition coefficient (Wildman–Crippen LogP) is 6.91. The summed E-state index contributed by atoms with van der Waals surface area (Å²) in [5.41, 5.74) is 2.88. The lowest BCUT2D eigenvalue weighted by Gasteiger charge is -2.18. The number of fused-ring (bicyclic) bond motifs is 1. The van der Waals surface area contributed by atoms with Crippen LogP contribution in [0.15, 0.2) is 90.1 Å². The number of hydrogen-bond acceptors (Lipinski definition) is 5. The van der Waals surface area contributed by atoms with Gasteiger partial charge in [-0.1, -0.05) is 80.5 Å². The van der Waals surface area contributed by atoms with E-state index in [4.69, 9.17) is 9.57 Å². The first-order valence-electron chi connectivity index (χ1n) is 12.8. The molecule has 39 heavy (non-hydrogen) atoms. The van der Waals surface area contributed by atoms with Gasteiger partial charge in [0.1, 0.15) is 12.4 Å². The normalized spacial score (nSPS) is 11.5. The maximum Gasteiger partial charge on any atom is 0.337 e. The Morgan fingerprint density at radius 2 is 1.64 bits per heavy atom. The zero-order valence-electron chi connectivity index (χ0n) is 22.3. The summed E-state index contributed by atoms with van der Waals surface area (Å²) < 4.78 is 5.76. The van der Waals surface area contributed by atoms with Crippen molar-refractivity contribution in [3.63, 3.8) is 0 Å². The number of benzene rings is 4. The molecule has 0 aromatic heterocycles. The molecule has 0 aliphatic rings. The minimum Gasteiger partial charge on any atom is -0.493 e. The van der Waals surface area contributed by atoms with E-state index < -0.39 is 11.9 Å². The van der Waals surface area contributed by atoms with Gasteiger partial charge in [-0.2, -0.15) is 0 Å². The van der Waals surface area contributed by atoms with Gasteiger partial charge in [-0.3, -0.25) is 4.79 Å². The van der Waals surface area contributed by atoms with Crippen molar-refractivity contribution < 1.29 is 24.3 Å². The third-order valence-electron chi connectivity index (χ3n) is 6.18. The molecule has 7 nitrogen and oxygen atoms in total. The van der Waals surface area contributed by atoms with Gasteiger partial charge in [-0.25, -0.2) is 4.79 Å². The van der Waals surface area contributed by atoms with Gasteiger partial charge in [0.05, 0.1) is 24.1 Å². The van der Waals surface area contributed by atoms with Crippen LogP contribution in [0.5, 0.6) is 5.75 Å². The molecule has 4 aromatic carbocycles. The van der Waals surface area contributed by atoms with Crippen molar-refractivity contribution in [2.24, 2.45) is 5.16 Å². The first-order chi connectivity index (χ1) is 18.7. The highest BCUT2D eigenvalue weighted by Crippen LogP contribution is 2.25. The summed E-state index contributed by atoms with van der Waals surface area (Å²) in [6.45, 7) is 7.20. The molecule has 0 aliphatic heterocycles. The van der Waals surface area contributed by atoms with E-state index in [1.807, 2.05) is 42.5 Å². The first kappa shape index (κ1) is 27.4. The second-order valence-corrected chi connectivity index (χ2v) is 10.2. The third-order valence-corrected chi connectivity index (χ3v) is 6.18. The second-order valence-electron chi connectivity index (χ2n) is 10.2. The molecule has 0 saturated heterocycles. The molecular weight excluding hydrogens is 492 g/mol. The molecule has 1 amide bonds. The molecule has 0 spiro atoms. The number of carboxylic acid groups (broad SMARTS) is 1. The number of nitrogens with zero attached hydrogens (tertiary/aromatic N) is 1. The minimum atomic E-state index is -1.14. The standard InChI is InChI=1S/C32H32N2O5/c1-32(2,3)26-13-9-22(10-14-26)21-33-39-18-6-17-38-27-15-16-28(31(36)37)29(20-27)34-30(35)25-12-11-23-7-4-5-8-24(23)19-25/h4-5,7-16,19-21H,6,17-18H2,1-3H3,(H,34,35)(H,36,37). The fraction of sp³-hybridized carbons (Fsp3) is 0.219. The van der Waals surface area contributed by atoms with E-state index in [0.29, 0.717) is 30.9 Å². The number of nitrogens with one attached hydrogen (secondary N) is 1. The van der Waals surface area contributed by atoms with Gasteiger partial charge >= 0.3 is 5.97 Å². The van der Waals surface area contributed by atoms with Crippen LogP contribution in [-0.2, 0) is 10.3 Å². The van der Waals surface area contributed by atoms with Crippen LogP contribution < -0.4 is 10.1 Å². The Hall–Kier alpha value is -4.65. The van der Waals surface area contributed by atoms with Gasteiger partial charge in [0.25, 0.3) is 5.91 Å².